The van der Waals surface area contributed by atoms with Crippen molar-refractivity contribution in [3.63, 3.8) is 0 Å². The van der Waals surface area contributed by atoms with Gasteiger partial charge in [-0.3, -0.25) is 9.36 Å². The fraction of sp³-hybridized carbons (Fsp3) is 0.300. The summed E-state index contributed by atoms with van der Waals surface area (Å²) in [6, 6.07) is 7.60. The van der Waals surface area contributed by atoms with Crippen molar-refractivity contribution in [2.24, 2.45) is 7.05 Å². The molecule has 1 fully saturated rings. The lowest BCUT2D eigenvalue weighted by molar-refractivity contribution is 0.387. The Balaban J connectivity index is 1.68. The van der Waals surface area contributed by atoms with Gasteiger partial charge in [0.25, 0.3) is 5.56 Å². The molecule has 1 N–H and O–H groups in total. The fourth-order valence-electron chi connectivity index (χ4n) is 3.50. The molecule has 1 aliphatic heterocycles. The molecule has 0 saturated carbocycles. The number of nitrogens with zero attached hydrogens (tertiary/aromatic N) is 5. The lowest BCUT2D eigenvalue weighted by atomic mass is 10.0. The lowest BCUT2D eigenvalue weighted by Crippen LogP contribution is -2.47. The normalized spacial score (nSPS) is 16.7. The van der Waals surface area contributed by atoms with Crippen LogP contribution in [0.25, 0.3) is 11.4 Å². The van der Waals surface area contributed by atoms with Gasteiger partial charge < -0.3 is 15.0 Å². The number of methoxy groups -OCH3 is 1. The molecular weight excluding hydrogens is 375 g/mol. The minimum Gasteiger partial charge on any atom is -0.496 e. The minimum atomic E-state index is -0.347. The first-order valence-corrected chi connectivity index (χ1v) is 9.23. The Kier molecular flexibility index (Phi) is 5.22. The third-order valence-corrected chi connectivity index (χ3v) is 4.98. The van der Waals surface area contributed by atoms with Gasteiger partial charge in [-0.05, 0) is 12.1 Å². The zero-order valence-electron chi connectivity index (χ0n) is 16.2. The van der Waals surface area contributed by atoms with Gasteiger partial charge in [0.05, 0.1) is 24.5 Å². The number of nitrogens with one attached hydrogen (secondary N) is 1. The van der Waals surface area contributed by atoms with Crippen LogP contribution in [0.3, 0.4) is 0 Å². The highest BCUT2D eigenvalue weighted by molar-refractivity contribution is 5.55. The first-order chi connectivity index (χ1) is 14.1. The van der Waals surface area contributed by atoms with E-state index >= 15 is 0 Å². The number of ether oxygens (including phenoxy) is 1. The third-order valence-electron chi connectivity index (χ3n) is 4.98. The summed E-state index contributed by atoms with van der Waals surface area (Å²) >= 11 is 0. The van der Waals surface area contributed by atoms with Crippen LogP contribution in [0.4, 0.5) is 10.3 Å². The molecule has 1 saturated heterocycles. The van der Waals surface area contributed by atoms with E-state index in [1.54, 1.807) is 25.4 Å². The van der Waals surface area contributed by atoms with Crippen molar-refractivity contribution < 1.29 is 9.13 Å². The number of hydrogen-bond donors (Lipinski definition) is 1. The number of piperazine rings is 1. The molecule has 0 bridgehead atoms. The molecule has 1 aliphatic rings. The average Bonchev–Trinajstić information content (AvgIpc) is 2.76. The van der Waals surface area contributed by atoms with E-state index in [0.29, 0.717) is 42.7 Å². The highest BCUT2D eigenvalue weighted by atomic mass is 19.1. The van der Waals surface area contributed by atoms with Gasteiger partial charge in [-0.2, -0.15) is 0 Å². The van der Waals surface area contributed by atoms with Gasteiger partial charge in [0.15, 0.2) is 0 Å². The molecule has 9 heteroatoms. The topological polar surface area (TPSA) is 85.2 Å². The van der Waals surface area contributed by atoms with Gasteiger partial charge in [-0.25, -0.2) is 19.3 Å². The molecule has 8 nitrogen and oxygen atoms in total. The van der Waals surface area contributed by atoms with Crippen LogP contribution in [0.5, 0.6) is 5.75 Å². The summed E-state index contributed by atoms with van der Waals surface area (Å²) in [7, 11) is 3.22. The molecule has 0 aliphatic carbocycles. The van der Waals surface area contributed by atoms with Crippen LogP contribution < -0.4 is 20.5 Å². The van der Waals surface area contributed by atoms with Crippen molar-refractivity contribution in [2.75, 3.05) is 31.6 Å². The molecule has 3 heterocycles. The summed E-state index contributed by atoms with van der Waals surface area (Å²) in [6.07, 6.45) is 3.04. The zero-order valence-corrected chi connectivity index (χ0v) is 16.2. The maximum absolute atomic E-state index is 13.6. The predicted octanol–water partition coefficient (Wildman–Crippen LogP) is 1.54. The molecule has 0 radical (unpaired) electrons. The second kappa shape index (κ2) is 7.96. The van der Waals surface area contributed by atoms with Crippen molar-refractivity contribution in [1.29, 1.82) is 0 Å². The first kappa shape index (κ1) is 19.0. The number of anilines is 1. The molecule has 1 aromatic carbocycles. The van der Waals surface area contributed by atoms with Gasteiger partial charge in [-0.15, -0.1) is 0 Å². The summed E-state index contributed by atoms with van der Waals surface area (Å²) in [6.45, 7) is 1.90. The molecule has 2 aromatic heterocycles. The SMILES string of the molecule is COc1cc(F)ccc1[C@@H]1CN(c2nc(-c3ccncn3)cc(=O)n2C)CCN1. The second-order valence-electron chi connectivity index (χ2n) is 6.77. The largest absolute Gasteiger partial charge is 0.496 e. The van der Waals surface area contributed by atoms with Crippen molar-refractivity contribution in [3.05, 3.63) is 64.6 Å². The summed E-state index contributed by atoms with van der Waals surface area (Å²) in [5.41, 5.74) is 1.78. The first-order valence-electron chi connectivity index (χ1n) is 9.23. The minimum absolute atomic E-state index is 0.0982. The molecular formula is C20H21FN6O2. The summed E-state index contributed by atoms with van der Waals surface area (Å²) in [4.78, 5) is 27.4. The second-order valence-corrected chi connectivity index (χ2v) is 6.77. The third kappa shape index (κ3) is 3.81. The Labute approximate surface area is 167 Å². The maximum Gasteiger partial charge on any atom is 0.255 e. The van der Waals surface area contributed by atoms with Crippen LogP contribution in [0.1, 0.15) is 11.6 Å². The summed E-state index contributed by atoms with van der Waals surface area (Å²) in [5, 5.41) is 3.43. The smallest absolute Gasteiger partial charge is 0.255 e. The van der Waals surface area contributed by atoms with Crippen LogP contribution in [-0.2, 0) is 7.05 Å². The highest BCUT2D eigenvalue weighted by Crippen LogP contribution is 2.29. The number of hydrogen-bond acceptors (Lipinski definition) is 7. The maximum atomic E-state index is 13.6. The van der Waals surface area contributed by atoms with E-state index in [1.807, 2.05) is 4.90 Å². The van der Waals surface area contributed by atoms with Crippen LogP contribution in [0, 0.1) is 5.82 Å². The molecule has 29 heavy (non-hydrogen) atoms. The van der Waals surface area contributed by atoms with Gasteiger partial charge in [0, 0.05) is 50.6 Å². The number of halogens is 1. The fourth-order valence-corrected chi connectivity index (χ4v) is 3.50. The number of aromatic nitrogens is 4. The van der Waals surface area contributed by atoms with Crippen molar-refractivity contribution >= 4 is 5.95 Å². The molecule has 3 aromatic rings. The monoisotopic (exact) mass is 396 g/mol. The number of rotatable bonds is 4. The predicted molar refractivity (Wildman–Crippen MR) is 106 cm³/mol. The van der Waals surface area contributed by atoms with Gasteiger partial charge >= 0.3 is 0 Å². The van der Waals surface area contributed by atoms with Crippen molar-refractivity contribution in [2.45, 2.75) is 6.04 Å². The zero-order chi connectivity index (χ0) is 20.4. The van der Waals surface area contributed by atoms with Crippen molar-refractivity contribution in [3.8, 4) is 17.1 Å². The Morgan fingerprint density at radius 1 is 1.24 bits per heavy atom. The average molecular weight is 396 g/mol. The van der Waals surface area contributed by atoms with E-state index in [4.69, 9.17) is 9.72 Å². The Morgan fingerprint density at radius 3 is 2.86 bits per heavy atom. The van der Waals surface area contributed by atoms with E-state index in [-0.39, 0.29) is 17.4 Å². The molecule has 0 unspecified atom stereocenters. The van der Waals surface area contributed by atoms with E-state index in [1.165, 1.54) is 36.2 Å². The number of benzene rings is 1. The van der Waals surface area contributed by atoms with E-state index in [9.17, 15) is 9.18 Å². The van der Waals surface area contributed by atoms with E-state index < -0.39 is 0 Å². The quantitative estimate of drug-likeness (QED) is 0.716. The van der Waals surface area contributed by atoms with Crippen LogP contribution in [0.2, 0.25) is 0 Å². The van der Waals surface area contributed by atoms with Crippen LogP contribution in [0.15, 0.2) is 47.7 Å². The molecule has 1 atom stereocenters. The van der Waals surface area contributed by atoms with Gasteiger partial charge in [0.1, 0.15) is 17.9 Å². The Morgan fingerprint density at radius 2 is 2.10 bits per heavy atom. The van der Waals surface area contributed by atoms with Gasteiger partial charge in [0.2, 0.25) is 5.95 Å². The summed E-state index contributed by atoms with van der Waals surface area (Å²) in [5.74, 6) is 0.694. The van der Waals surface area contributed by atoms with Crippen LogP contribution >= 0.6 is 0 Å². The van der Waals surface area contributed by atoms with E-state index in [2.05, 4.69) is 15.3 Å². The molecule has 150 valence electrons. The Bertz CT molecular complexity index is 1070. The molecule has 0 amide bonds. The summed E-state index contributed by atoms with van der Waals surface area (Å²) < 4.78 is 20.5. The Hall–Kier alpha value is -3.33. The highest BCUT2D eigenvalue weighted by Gasteiger charge is 2.26. The molecule has 4 rings (SSSR count). The van der Waals surface area contributed by atoms with Gasteiger partial charge in [-0.1, -0.05) is 6.07 Å². The lowest BCUT2D eigenvalue weighted by Gasteiger charge is -2.35. The standard InChI is InChI=1S/C20H21FN6O2/c1-26-19(28)10-16(15-5-6-22-12-24-15)25-20(26)27-8-7-23-17(11-27)14-4-3-13(21)9-18(14)29-2/h3-6,9-10,12,17,23H,7-8,11H2,1-2H3/t17-/m0/s1. The molecule has 0 spiro atoms. The van der Waals surface area contributed by atoms with Crippen molar-refractivity contribution in [1.82, 2.24) is 24.8 Å². The van der Waals surface area contributed by atoms with E-state index in [0.717, 1.165) is 5.56 Å². The van der Waals surface area contributed by atoms with Crippen LogP contribution in [-0.4, -0.2) is 46.3 Å².